The number of aryl methyl sites for hydroxylation is 1. The van der Waals surface area contributed by atoms with Gasteiger partial charge in [0.05, 0.1) is 11.3 Å². The van der Waals surface area contributed by atoms with Crippen LogP contribution >= 0.6 is 0 Å². The summed E-state index contributed by atoms with van der Waals surface area (Å²) >= 11 is 0. The van der Waals surface area contributed by atoms with Crippen molar-refractivity contribution in [1.82, 2.24) is 9.62 Å². The SMILES string of the molecule is Cc1ccc(S(=O)(=O)N2CC(C)NC(=O)C2CC(N)=O)cc1. The Balaban J connectivity index is 2.42. The van der Waals surface area contributed by atoms with Gasteiger partial charge in [-0.2, -0.15) is 4.31 Å². The third-order valence-corrected chi connectivity index (χ3v) is 5.40. The van der Waals surface area contributed by atoms with Crippen LogP contribution in [0.2, 0.25) is 0 Å². The summed E-state index contributed by atoms with van der Waals surface area (Å²) in [5.74, 6) is -1.23. The van der Waals surface area contributed by atoms with E-state index in [-0.39, 0.29) is 23.9 Å². The second-order valence-electron chi connectivity index (χ2n) is 5.48. The van der Waals surface area contributed by atoms with E-state index in [1.165, 1.54) is 12.1 Å². The van der Waals surface area contributed by atoms with Crippen molar-refractivity contribution < 1.29 is 18.0 Å². The molecule has 1 saturated heterocycles. The van der Waals surface area contributed by atoms with Crippen molar-refractivity contribution in [3.8, 4) is 0 Å². The Morgan fingerprint density at radius 3 is 2.50 bits per heavy atom. The minimum Gasteiger partial charge on any atom is -0.370 e. The van der Waals surface area contributed by atoms with Crippen molar-refractivity contribution in [1.29, 1.82) is 0 Å². The number of nitrogens with two attached hydrogens (primary N) is 1. The molecule has 8 heteroatoms. The van der Waals surface area contributed by atoms with Crippen molar-refractivity contribution in [2.24, 2.45) is 5.73 Å². The normalized spacial score (nSPS) is 23.1. The van der Waals surface area contributed by atoms with Gasteiger partial charge in [-0.05, 0) is 26.0 Å². The van der Waals surface area contributed by atoms with Gasteiger partial charge in [0.1, 0.15) is 6.04 Å². The summed E-state index contributed by atoms with van der Waals surface area (Å²) in [4.78, 5) is 23.3. The second kappa shape index (κ2) is 6.05. The average Bonchev–Trinajstić information content (AvgIpc) is 2.41. The van der Waals surface area contributed by atoms with Gasteiger partial charge in [0.15, 0.2) is 0 Å². The lowest BCUT2D eigenvalue weighted by molar-refractivity contribution is -0.131. The summed E-state index contributed by atoms with van der Waals surface area (Å²) in [6.45, 7) is 3.65. The Hall–Kier alpha value is -1.93. The Kier molecular flexibility index (Phi) is 4.52. The van der Waals surface area contributed by atoms with Gasteiger partial charge < -0.3 is 11.1 Å². The maximum absolute atomic E-state index is 12.8. The number of benzene rings is 1. The van der Waals surface area contributed by atoms with E-state index in [0.717, 1.165) is 9.87 Å². The van der Waals surface area contributed by atoms with Crippen molar-refractivity contribution in [2.75, 3.05) is 6.54 Å². The van der Waals surface area contributed by atoms with E-state index < -0.39 is 27.9 Å². The summed E-state index contributed by atoms with van der Waals surface area (Å²) in [7, 11) is -3.87. The van der Waals surface area contributed by atoms with Gasteiger partial charge in [0, 0.05) is 12.6 Å². The Morgan fingerprint density at radius 1 is 1.36 bits per heavy atom. The van der Waals surface area contributed by atoms with Gasteiger partial charge in [-0.1, -0.05) is 17.7 Å². The van der Waals surface area contributed by atoms with E-state index in [1.54, 1.807) is 19.1 Å². The fourth-order valence-electron chi connectivity index (χ4n) is 2.41. The maximum Gasteiger partial charge on any atom is 0.243 e. The Labute approximate surface area is 129 Å². The number of carbonyl (C=O) groups is 2. The number of amides is 2. The van der Waals surface area contributed by atoms with Crippen LogP contribution in [-0.2, 0) is 19.6 Å². The molecule has 2 rings (SSSR count). The number of hydrogen-bond donors (Lipinski definition) is 2. The highest BCUT2D eigenvalue weighted by atomic mass is 32.2. The minimum atomic E-state index is -3.87. The van der Waals surface area contributed by atoms with Gasteiger partial charge in [-0.3, -0.25) is 9.59 Å². The molecular weight excluding hydrogens is 306 g/mol. The zero-order valence-electron chi connectivity index (χ0n) is 12.4. The van der Waals surface area contributed by atoms with E-state index in [0.29, 0.717) is 0 Å². The maximum atomic E-state index is 12.8. The number of hydrogen-bond acceptors (Lipinski definition) is 4. The lowest BCUT2D eigenvalue weighted by atomic mass is 10.1. The summed E-state index contributed by atoms with van der Waals surface area (Å²) in [5.41, 5.74) is 6.07. The number of nitrogens with zero attached hydrogens (tertiary/aromatic N) is 1. The molecule has 0 aliphatic carbocycles. The van der Waals surface area contributed by atoms with Gasteiger partial charge in [0.25, 0.3) is 0 Å². The monoisotopic (exact) mass is 325 g/mol. The molecule has 1 aromatic carbocycles. The van der Waals surface area contributed by atoms with Crippen LogP contribution in [0.3, 0.4) is 0 Å². The number of sulfonamides is 1. The number of rotatable bonds is 4. The smallest absolute Gasteiger partial charge is 0.243 e. The summed E-state index contributed by atoms with van der Waals surface area (Å²) in [6.07, 6.45) is -0.344. The molecule has 1 aliphatic heterocycles. The van der Waals surface area contributed by atoms with Gasteiger partial charge in [0.2, 0.25) is 21.8 Å². The lowest BCUT2D eigenvalue weighted by Gasteiger charge is -2.36. The molecule has 1 fully saturated rings. The number of piperazine rings is 1. The molecule has 1 heterocycles. The van der Waals surface area contributed by atoms with Gasteiger partial charge >= 0.3 is 0 Å². The highest BCUT2D eigenvalue weighted by molar-refractivity contribution is 7.89. The molecule has 120 valence electrons. The van der Waals surface area contributed by atoms with Gasteiger partial charge in [-0.15, -0.1) is 0 Å². The van der Waals surface area contributed by atoms with Crippen molar-refractivity contribution in [2.45, 2.75) is 37.2 Å². The summed E-state index contributed by atoms with van der Waals surface area (Å²) in [5, 5.41) is 2.64. The molecule has 1 aliphatic rings. The molecule has 0 spiro atoms. The molecule has 2 unspecified atom stereocenters. The van der Waals surface area contributed by atoms with E-state index in [9.17, 15) is 18.0 Å². The fraction of sp³-hybridized carbons (Fsp3) is 0.429. The van der Waals surface area contributed by atoms with E-state index in [1.807, 2.05) is 6.92 Å². The third-order valence-electron chi connectivity index (χ3n) is 3.51. The van der Waals surface area contributed by atoms with Crippen LogP contribution in [0.25, 0.3) is 0 Å². The first-order valence-corrected chi connectivity index (χ1v) is 8.33. The van der Waals surface area contributed by atoms with Crippen LogP contribution in [-0.4, -0.2) is 43.2 Å². The van der Waals surface area contributed by atoms with E-state index in [2.05, 4.69) is 5.32 Å². The first-order chi connectivity index (χ1) is 10.2. The van der Waals surface area contributed by atoms with Crippen LogP contribution in [0.15, 0.2) is 29.2 Å². The standard InChI is InChI=1S/C14H19N3O4S/c1-9-3-5-11(6-4-9)22(20,21)17-8-10(2)16-14(19)12(17)7-13(15)18/h3-6,10,12H,7-8H2,1-2H3,(H2,15,18)(H,16,19). The predicted molar refractivity (Wildman–Crippen MR) is 80.3 cm³/mol. The van der Waals surface area contributed by atoms with Crippen LogP contribution < -0.4 is 11.1 Å². The van der Waals surface area contributed by atoms with E-state index in [4.69, 9.17) is 5.73 Å². The van der Waals surface area contributed by atoms with Crippen molar-refractivity contribution >= 4 is 21.8 Å². The number of carbonyl (C=O) groups excluding carboxylic acids is 2. The fourth-order valence-corrected chi connectivity index (χ4v) is 4.08. The molecule has 3 N–H and O–H groups in total. The van der Waals surface area contributed by atoms with Gasteiger partial charge in [-0.25, -0.2) is 8.42 Å². The average molecular weight is 325 g/mol. The summed E-state index contributed by atoms with van der Waals surface area (Å²) < 4.78 is 26.6. The lowest BCUT2D eigenvalue weighted by Crippen LogP contribution is -2.61. The van der Waals surface area contributed by atoms with Crippen LogP contribution in [0, 0.1) is 6.92 Å². The zero-order chi connectivity index (χ0) is 16.5. The molecule has 0 radical (unpaired) electrons. The zero-order valence-corrected chi connectivity index (χ0v) is 13.3. The van der Waals surface area contributed by atoms with Crippen LogP contribution in [0.1, 0.15) is 18.9 Å². The van der Waals surface area contributed by atoms with Crippen LogP contribution in [0.4, 0.5) is 0 Å². The molecule has 0 aromatic heterocycles. The van der Waals surface area contributed by atoms with Crippen molar-refractivity contribution in [3.63, 3.8) is 0 Å². The largest absolute Gasteiger partial charge is 0.370 e. The molecule has 22 heavy (non-hydrogen) atoms. The number of primary amides is 1. The van der Waals surface area contributed by atoms with E-state index >= 15 is 0 Å². The molecule has 7 nitrogen and oxygen atoms in total. The first kappa shape index (κ1) is 16.4. The Bertz CT molecular complexity index is 685. The molecule has 1 aromatic rings. The highest BCUT2D eigenvalue weighted by Gasteiger charge is 2.41. The quantitative estimate of drug-likeness (QED) is 0.795. The highest BCUT2D eigenvalue weighted by Crippen LogP contribution is 2.23. The van der Waals surface area contributed by atoms with Crippen LogP contribution in [0.5, 0.6) is 0 Å². The molecular formula is C14H19N3O4S. The topological polar surface area (TPSA) is 110 Å². The predicted octanol–water partition coefficient (Wildman–Crippen LogP) is -0.252. The molecule has 0 saturated carbocycles. The number of nitrogens with one attached hydrogen (secondary N) is 1. The first-order valence-electron chi connectivity index (χ1n) is 6.89. The minimum absolute atomic E-state index is 0.0921. The molecule has 2 amide bonds. The third kappa shape index (κ3) is 3.28. The summed E-state index contributed by atoms with van der Waals surface area (Å²) in [6, 6.07) is 4.90. The Morgan fingerprint density at radius 2 is 1.95 bits per heavy atom. The molecule has 2 atom stereocenters. The second-order valence-corrected chi connectivity index (χ2v) is 7.37. The molecule has 0 bridgehead atoms. The van der Waals surface area contributed by atoms with Crippen molar-refractivity contribution in [3.05, 3.63) is 29.8 Å².